The van der Waals surface area contributed by atoms with Crippen LogP contribution in [-0.4, -0.2) is 21.3 Å². The van der Waals surface area contributed by atoms with Crippen LogP contribution in [0, 0.1) is 0 Å². The van der Waals surface area contributed by atoms with Crippen LogP contribution in [0.25, 0.3) is 20.9 Å². The van der Waals surface area contributed by atoms with Crippen molar-refractivity contribution in [2.24, 2.45) is 0 Å². The summed E-state index contributed by atoms with van der Waals surface area (Å²) in [5.74, 6) is 0. The van der Waals surface area contributed by atoms with E-state index in [0.717, 1.165) is 11.8 Å². The van der Waals surface area contributed by atoms with Crippen LogP contribution in [0.4, 0.5) is 0 Å². The quantitative estimate of drug-likeness (QED) is 0.692. The lowest BCUT2D eigenvalue weighted by atomic mass is 10.0. The summed E-state index contributed by atoms with van der Waals surface area (Å²) in [6.07, 6.45) is 1.67. The predicted molar refractivity (Wildman–Crippen MR) is 83.8 cm³/mol. The Morgan fingerprint density at radius 3 is 2.75 bits per heavy atom. The molecule has 5 heteroatoms. The van der Waals surface area contributed by atoms with Gasteiger partial charge in [0.05, 0.1) is 12.9 Å². The van der Waals surface area contributed by atoms with E-state index < -0.39 is 10.1 Å². The number of hydrogen-bond acceptors (Lipinski definition) is 4. The van der Waals surface area contributed by atoms with E-state index in [1.54, 1.807) is 11.3 Å². The van der Waals surface area contributed by atoms with E-state index >= 15 is 0 Å². The van der Waals surface area contributed by atoms with E-state index in [1.165, 1.54) is 20.9 Å². The summed E-state index contributed by atoms with van der Waals surface area (Å²) in [5.41, 5.74) is 1.13. The first-order chi connectivity index (χ1) is 9.54. The molecule has 2 aromatic carbocycles. The largest absolute Gasteiger partial charge is 0.270 e. The molecule has 0 fully saturated rings. The molecule has 0 saturated carbocycles. The SMILES string of the molecule is CS(=O)(=O)OCCc1cc2ccccc2c2sccc12. The van der Waals surface area contributed by atoms with Gasteiger partial charge in [-0.1, -0.05) is 30.3 Å². The third-order valence-electron chi connectivity index (χ3n) is 3.22. The van der Waals surface area contributed by atoms with Gasteiger partial charge in [0.25, 0.3) is 10.1 Å². The first-order valence-electron chi connectivity index (χ1n) is 6.27. The van der Waals surface area contributed by atoms with Gasteiger partial charge in [0.2, 0.25) is 0 Å². The molecule has 1 heterocycles. The molecule has 0 saturated heterocycles. The molecule has 3 aromatic rings. The summed E-state index contributed by atoms with van der Waals surface area (Å²) >= 11 is 1.71. The van der Waals surface area contributed by atoms with Crippen LogP contribution in [0.1, 0.15) is 5.56 Å². The molecule has 0 unspecified atom stereocenters. The molecule has 3 nitrogen and oxygen atoms in total. The summed E-state index contributed by atoms with van der Waals surface area (Å²) in [5, 5.41) is 5.67. The van der Waals surface area contributed by atoms with Crippen LogP contribution in [0.5, 0.6) is 0 Å². The average molecular weight is 306 g/mol. The zero-order chi connectivity index (χ0) is 14.2. The van der Waals surface area contributed by atoms with Gasteiger partial charge in [0, 0.05) is 4.70 Å². The normalized spacial score (nSPS) is 12.2. The molecule has 0 spiro atoms. The summed E-state index contributed by atoms with van der Waals surface area (Å²) in [4.78, 5) is 0. The van der Waals surface area contributed by atoms with Crippen molar-refractivity contribution in [2.75, 3.05) is 12.9 Å². The second kappa shape index (κ2) is 5.16. The Balaban J connectivity index is 2.02. The molecule has 0 aliphatic rings. The van der Waals surface area contributed by atoms with Crippen molar-refractivity contribution in [3.8, 4) is 0 Å². The van der Waals surface area contributed by atoms with Crippen molar-refractivity contribution in [2.45, 2.75) is 6.42 Å². The molecule has 0 bridgehead atoms. The van der Waals surface area contributed by atoms with Crippen molar-refractivity contribution in [3.05, 3.63) is 47.3 Å². The maximum atomic E-state index is 11.0. The third kappa shape index (κ3) is 2.70. The van der Waals surface area contributed by atoms with E-state index in [1.807, 2.05) is 12.1 Å². The number of rotatable bonds is 4. The fourth-order valence-corrected chi connectivity index (χ4v) is 3.74. The molecule has 0 radical (unpaired) electrons. The number of fused-ring (bicyclic) bond motifs is 3. The topological polar surface area (TPSA) is 43.4 Å². The fourth-order valence-electron chi connectivity index (χ4n) is 2.38. The molecule has 104 valence electrons. The van der Waals surface area contributed by atoms with Gasteiger partial charge in [-0.25, -0.2) is 0 Å². The minimum Gasteiger partial charge on any atom is -0.270 e. The second-order valence-corrected chi connectivity index (χ2v) is 7.26. The van der Waals surface area contributed by atoms with E-state index in [4.69, 9.17) is 4.18 Å². The van der Waals surface area contributed by atoms with Crippen molar-refractivity contribution >= 4 is 42.3 Å². The van der Waals surface area contributed by atoms with E-state index in [0.29, 0.717) is 6.42 Å². The lowest BCUT2D eigenvalue weighted by molar-refractivity contribution is 0.326. The van der Waals surface area contributed by atoms with Gasteiger partial charge in [0.1, 0.15) is 0 Å². The van der Waals surface area contributed by atoms with Crippen LogP contribution in [-0.2, 0) is 20.7 Å². The Morgan fingerprint density at radius 1 is 1.15 bits per heavy atom. The Hall–Kier alpha value is -1.43. The summed E-state index contributed by atoms with van der Waals surface area (Å²) in [6, 6.07) is 12.4. The standard InChI is InChI=1S/C15H14O3S2/c1-20(16,17)18-8-6-12-10-11-4-2-3-5-13(11)15-14(12)7-9-19-15/h2-5,7,9-10H,6,8H2,1H3. The summed E-state index contributed by atoms with van der Waals surface area (Å²) in [7, 11) is -3.37. The second-order valence-electron chi connectivity index (χ2n) is 4.70. The molecule has 0 N–H and O–H groups in total. The van der Waals surface area contributed by atoms with Crippen molar-refractivity contribution in [3.63, 3.8) is 0 Å². The average Bonchev–Trinajstić information content (AvgIpc) is 2.87. The molecule has 0 atom stereocenters. The summed E-state index contributed by atoms with van der Waals surface area (Å²) in [6.45, 7) is 0.183. The van der Waals surface area contributed by atoms with Crippen LogP contribution in [0.3, 0.4) is 0 Å². The van der Waals surface area contributed by atoms with Gasteiger partial charge < -0.3 is 0 Å². The van der Waals surface area contributed by atoms with Gasteiger partial charge in [-0.15, -0.1) is 11.3 Å². The first-order valence-corrected chi connectivity index (χ1v) is 8.96. The van der Waals surface area contributed by atoms with E-state index in [2.05, 4.69) is 29.6 Å². The van der Waals surface area contributed by atoms with Crippen molar-refractivity contribution in [1.82, 2.24) is 0 Å². The molecule has 3 rings (SSSR count). The minimum atomic E-state index is -3.37. The molecular weight excluding hydrogens is 292 g/mol. The monoisotopic (exact) mass is 306 g/mol. The predicted octanol–water partition coefficient (Wildman–Crippen LogP) is 3.57. The maximum Gasteiger partial charge on any atom is 0.264 e. The van der Waals surface area contributed by atoms with Crippen LogP contribution < -0.4 is 0 Å². The smallest absolute Gasteiger partial charge is 0.264 e. The highest BCUT2D eigenvalue weighted by Gasteiger charge is 2.09. The van der Waals surface area contributed by atoms with Crippen molar-refractivity contribution < 1.29 is 12.6 Å². The molecular formula is C15H14O3S2. The van der Waals surface area contributed by atoms with Crippen LogP contribution in [0.15, 0.2) is 41.8 Å². The van der Waals surface area contributed by atoms with Crippen molar-refractivity contribution in [1.29, 1.82) is 0 Å². The van der Waals surface area contributed by atoms with Gasteiger partial charge >= 0.3 is 0 Å². The van der Waals surface area contributed by atoms with Crippen LogP contribution >= 0.6 is 11.3 Å². The fraction of sp³-hybridized carbons (Fsp3) is 0.200. The van der Waals surface area contributed by atoms with Gasteiger partial charge in [-0.3, -0.25) is 4.18 Å². The van der Waals surface area contributed by atoms with Gasteiger partial charge in [0.15, 0.2) is 0 Å². The molecule has 0 aliphatic heterocycles. The number of thiophene rings is 1. The Kier molecular flexibility index (Phi) is 3.50. The zero-order valence-electron chi connectivity index (χ0n) is 11.0. The molecule has 20 heavy (non-hydrogen) atoms. The first kappa shape index (κ1) is 13.5. The molecule has 0 amide bonds. The third-order valence-corrected chi connectivity index (χ3v) is 4.76. The number of hydrogen-bond donors (Lipinski definition) is 0. The highest BCUT2D eigenvalue weighted by molar-refractivity contribution is 7.85. The highest BCUT2D eigenvalue weighted by Crippen LogP contribution is 2.32. The lowest BCUT2D eigenvalue weighted by Crippen LogP contribution is -2.06. The molecule has 0 aliphatic carbocycles. The van der Waals surface area contributed by atoms with Gasteiger partial charge in [-0.05, 0) is 39.6 Å². The minimum absolute atomic E-state index is 0.183. The van der Waals surface area contributed by atoms with E-state index in [9.17, 15) is 8.42 Å². The highest BCUT2D eigenvalue weighted by atomic mass is 32.2. The van der Waals surface area contributed by atoms with E-state index in [-0.39, 0.29) is 6.61 Å². The zero-order valence-corrected chi connectivity index (χ0v) is 12.6. The number of benzene rings is 2. The summed E-state index contributed by atoms with van der Waals surface area (Å²) < 4.78 is 28.1. The molecule has 1 aromatic heterocycles. The Morgan fingerprint density at radius 2 is 1.95 bits per heavy atom. The lowest BCUT2D eigenvalue weighted by Gasteiger charge is -2.07. The Bertz CT molecular complexity index is 863. The Labute approximate surface area is 121 Å². The van der Waals surface area contributed by atoms with Gasteiger partial charge in [-0.2, -0.15) is 8.42 Å². The van der Waals surface area contributed by atoms with Crippen LogP contribution in [0.2, 0.25) is 0 Å². The maximum absolute atomic E-state index is 11.0.